The molecule has 2 heteroatoms. The Kier molecular flexibility index (Phi) is 9.11. The zero-order valence-corrected chi connectivity index (χ0v) is 36.6. The first-order valence-electron chi connectivity index (χ1n) is 23.1. The van der Waals surface area contributed by atoms with E-state index in [-0.39, 0.29) is 0 Å². The third kappa shape index (κ3) is 6.26. The van der Waals surface area contributed by atoms with E-state index in [1.807, 2.05) is 0 Å². The van der Waals surface area contributed by atoms with Crippen LogP contribution in [0.2, 0.25) is 0 Å². The van der Waals surface area contributed by atoms with E-state index in [1.54, 1.807) is 0 Å². The normalized spacial score (nSPS) is 12.6. The molecule has 2 aliphatic carbocycles. The Hall–Kier alpha value is -8.72. The second-order valence-corrected chi connectivity index (χ2v) is 17.6. The smallest absolute Gasteiger partial charge is 0.160 e. The molecule has 11 aromatic rings. The van der Waals surface area contributed by atoms with Crippen molar-refractivity contribution in [1.82, 2.24) is 9.97 Å². The van der Waals surface area contributed by atoms with Crippen LogP contribution in [0.1, 0.15) is 22.3 Å². The van der Waals surface area contributed by atoms with Gasteiger partial charge in [-0.05, 0) is 119 Å². The van der Waals surface area contributed by atoms with Crippen molar-refractivity contribution in [3.05, 3.63) is 277 Å². The van der Waals surface area contributed by atoms with Crippen LogP contribution >= 0.6 is 0 Å². The topological polar surface area (TPSA) is 25.8 Å². The van der Waals surface area contributed by atoms with Crippen LogP contribution in [0.4, 0.5) is 0 Å². The van der Waals surface area contributed by atoms with Gasteiger partial charge in [0.1, 0.15) is 0 Å². The van der Waals surface area contributed by atoms with Crippen LogP contribution in [0.5, 0.6) is 0 Å². The number of hydrogen-bond donors (Lipinski definition) is 0. The lowest BCUT2D eigenvalue weighted by molar-refractivity contribution is 0.775. The van der Waals surface area contributed by atoms with Gasteiger partial charge >= 0.3 is 0 Å². The highest BCUT2D eigenvalue weighted by Crippen LogP contribution is 2.61. The summed E-state index contributed by atoms with van der Waals surface area (Å²) in [6, 6.07) is 92.6. The van der Waals surface area contributed by atoms with E-state index in [9.17, 15) is 0 Å². The van der Waals surface area contributed by atoms with Crippen LogP contribution in [0.3, 0.4) is 0 Å². The number of hydrogen-bond acceptors (Lipinski definition) is 2. The molecule has 0 fully saturated rings. The Morgan fingerprint density at radius 2 is 0.597 bits per heavy atom. The van der Waals surface area contributed by atoms with Crippen molar-refractivity contribution in [2.75, 3.05) is 0 Å². The van der Waals surface area contributed by atoms with Gasteiger partial charge in [-0.2, -0.15) is 0 Å². The largest absolute Gasteiger partial charge is 0.228 e. The highest BCUT2D eigenvalue weighted by Gasteiger charge is 2.49. The molecule has 2 nitrogen and oxygen atoms in total. The van der Waals surface area contributed by atoms with Gasteiger partial charge in [-0.15, -0.1) is 0 Å². The number of benzene rings is 10. The van der Waals surface area contributed by atoms with Gasteiger partial charge in [-0.1, -0.05) is 224 Å². The van der Waals surface area contributed by atoms with Crippen molar-refractivity contribution in [2.45, 2.75) is 5.41 Å². The molecule has 0 unspecified atom stereocenters. The minimum atomic E-state index is -0.610. The van der Waals surface area contributed by atoms with Crippen LogP contribution in [-0.4, -0.2) is 9.97 Å². The van der Waals surface area contributed by atoms with E-state index < -0.39 is 5.41 Å². The summed E-state index contributed by atoms with van der Waals surface area (Å²) in [5, 5.41) is 0. The van der Waals surface area contributed by atoms with Gasteiger partial charge in [-0.25, -0.2) is 9.97 Å². The highest BCUT2D eigenvalue weighted by atomic mass is 14.9. The van der Waals surface area contributed by atoms with Crippen molar-refractivity contribution in [3.8, 4) is 101 Å². The molecule has 0 radical (unpaired) electrons. The maximum Gasteiger partial charge on any atom is 0.160 e. The summed E-state index contributed by atoms with van der Waals surface area (Å²) < 4.78 is 0. The van der Waals surface area contributed by atoms with E-state index in [2.05, 4.69) is 255 Å². The van der Waals surface area contributed by atoms with E-state index in [4.69, 9.17) is 9.97 Å². The third-order valence-electron chi connectivity index (χ3n) is 13.9. The summed E-state index contributed by atoms with van der Waals surface area (Å²) >= 11 is 0. The molecule has 13 rings (SSSR count). The quantitative estimate of drug-likeness (QED) is 0.167. The first kappa shape index (κ1) is 38.7. The number of fused-ring (bicyclic) bond motifs is 12. The average Bonchev–Trinajstić information content (AvgIpc) is 3.66. The monoisotopic (exact) mass is 850 g/mol. The van der Waals surface area contributed by atoms with Crippen LogP contribution in [0.15, 0.2) is 255 Å². The first-order chi connectivity index (χ1) is 33.2. The van der Waals surface area contributed by atoms with Gasteiger partial charge in [0.05, 0.1) is 16.8 Å². The Bertz CT molecular complexity index is 3580. The van der Waals surface area contributed by atoms with E-state index in [1.165, 1.54) is 55.6 Å². The second kappa shape index (κ2) is 15.8. The van der Waals surface area contributed by atoms with E-state index >= 15 is 0 Å². The molecule has 0 aliphatic heterocycles. The molecule has 0 bridgehead atoms. The molecular weight excluding hydrogens is 809 g/mol. The molecule has 0 atom stereocenters. The molecule has 0 saturated heterocycles. The predicted octanol–water partition coefficient (Wildman–Crippen LogP) is 16.5. The molecule has 10 aromatic carbocycles. The zero-order chi connectivity index (χ0) is 44.3. The molecule has 2 aliphatic rings. The van der Waals surface area contributed by atoms with Gasteiger partial charge in [0.15, 0.2) is 5.82 Å². The Morgan fingerprint density at radius 1 is 0.209 bits per heavy atom. The Balaban J connectivity index is 1.11. The average molecular weight is 851 g/mol. The summed E-state index contributed by atoms with van der Waals surface area (Å²) in [5.74, 6) is 0.669. The van der Waals surface area contributed by atoms with E-state index in [0.29, 0.717) is 5.82 Å². The number of nitrogens with zero attached hydrogens (tertiary/aromatic N) is 2. The summed E-state index contributed by atoms with van der Waals surface area (Å²) in [6.07, 6.45) is 0. The summed E-state index contributed by atoms with van der Waals surface area (Å²) in [5.41, 5.74) is 23.5. The van der Waals surface area contributed by atoms with Crippen LogP contribution in [0, 0.1) is 0 Å². The second-order valence-electron chi connectivity index (χ2n) is 17.6. The van der Waals surface area contributed by atoms with Gasteiger partial charge in [0.2, 0.25) is 0 Å². The van der Waals surface area contributed by atoms with Crippen LogP contribution in [-0.2, 0) is 5.41 Å². The summed E-state index contributed by atoms with van der Waals surface area (Å²) in [6.45, 7) is 0. The molecule has 0 saturated carbocycles. The van der Waals surface area contributed by atoms with Gasteiger partial charge < -0.3 is 0 Å². The van der Waals surface area contributed by atoms with Crippen molar-refractivity contribution in [3.63, 3.8) is 0 Å². The molecule has 0 N–H and O–H groups in total. The lowest BCUT2D eigenvalue weighted by Crippen LogP contribution is -2.29. The maximum absolute atomic E-state index is 5.62. The molecule has 1 spiro atoms. The molecule has 67 heavy (non-hydrogen) atoms. The SMILES string of the molecule is c1ccc(-c2cc(-c3ccccc3)cc(-c3nc(-c4ccc5c(c4)C4(c6ccccc6-c6ccccc6-5)c5ccccc5-c5ccccc54)cc(-c4ccccc4-c4ccccc4)n3)c2)cc1. The maximum atomic E-state index is 5.62. The van der Waals surface area contributed by atoms with Gasteiger partial charge in [0.25, 0.3) is 0 Å². The fourth-order valence-electron chi connectivity index (χ4n) is 11.0. The minimum Gasteiger partial charge on any atom is -0.228 e. The molecule has 1 heterocycles. The van der Waals surface area contributed by atoms with Crippen molar-refractivity contribution in [1.29, 1.82) is 0 Å². The molecule has 0 amide bonds. The van der Waals surface area contributed by atoms with Crippen molar-refractivity contribution < 1.29 is 0 Å². The molecule has 312 valence electrons. The standard InChI is InChI=1S/C65H42N2/c1-4-20-43(21-5-1)47-38-48(44-22-6-2-7-23-44)40-49(39-47)64-66-62(42-63(67-64)57-32-13-10-26-50(57)45-24-8-3-9-25-45)46-36-37-56-52-28-12-11-27-51(52)53-29-14-17-33-58(53)65(61(56)41-46)59-34-18-15-30-54(59)55-31-16-19-35-60(55)65/h1-42H. The van der Waals surface area contributed by atoms with Crippen LogP contribution in [0.25, 0.3) is 101 Å². The Morgan fingerprint density at radius 3 is 1.13 bits per heavy atom. The van der Waals surface area contributed by atoms with Crippen molar-refractivity contribution >= 4 is 0 Å². The molecule has 1 aromatic heterocycles. The lowest BCUT2D eigenvalue weighted by Gasteiger charge is -2.35. The van der Waals surface area contributed by atoms with Crippen molar-refractivity contribution in [2.24, 2.45) is 0 Å². The summed E-state index contributed by atoms with van der Waals surface area (Å²) in [7, 11) is 0. The van der Waals surface area contributed by atoms with E-state index in [0.717, 1.165) is 61.5 Å². The fourth-order valence-corrected chi connectivity index (χ4v) is 11.0. The van der Waals surface area contributed by atoms with Gasteiger partial charge in [-0.3, -0.25) is 0 Å². The lowest BCUT2D eigenvalue weighted by atomic mass is 9.65. The number of rotatable bonds is 6. The molecular formula is C65H42N2. The Labute approximate surface area is 391 Å². The predicted molar refractivity (Wildman–Crippen MR) is 276 cm³/mol. The van der Waals surface area contributed by atoms with Gasteiger partial charge in [0, 0.05) is 16.7 Å². The highest BCUT2D eigenvalue weighted by molar-refractivity contribution is 5.98. The number of aromatic nitrogens is 2. The zero-order valence-electron chi connectivity index (χ0n) is 36.6. The first-order valence-corrected chi connectivity index (χ1v) is 23.1. The minimum absolute atomic E-state index is 0.610. The summed E-state index contributed by atoms with van der Waals surface area (Å²) in [4.78, 5) is 11.2. The van der Waals surface area contributed by atoms with Crippen LogP contribution < -0.4 is 0 Å². The fraction of sp³-hybridized carbons (Fsp3) is 0.0154. The third-order valence-corrected chi connectivity index (χ3v) is 13.9.